The average Bonchev–Trinajstić information content (AvgIpc) is 2.84. The maximum atomic E-state index is 5.66. The molecule has 0 saturated carbocycles. The van der Waals surface area contributed by atoms with E-state index in [0.717, 1.165) is 22.6 Å². The first-order valence-corrected chi connectivity index (χ1v) is 6.80. The van der Waals surface area contributed by atoms with Gasteiger partial charge >= 0.3 is 0 Å². The van der Waals surface area contributed by atoms with Crippen molar-refractivity contribution in [1.29, 1.82) is 0 Å². The Bertz CT molecular complexity index is 641. The van der Waals surface area contributed by atoms with Crippen LogP contribution in [0.25, 0.3) is 0 Å². The molecule has 0 amide bonds. The smallest absolute Gasteiger partial charge is 0.145 e. The molecule has 20 heavy (non-hydrogen) atoms. The zero-order valence-electron chi connectivity index (χ0n) is 11.4. The van der Waals surface area contributed by atoms with Crippen molar-refractivity contribution in [2.24, 2.45) is 0 Å². The third kappa shape index (κ3) is 3.75. The number of alkyl halides is 1. The maximum absolute atomic E-state index is 5.66. The van der Waals surface area contributed by atoms with Gasteiger partial charge in [-0.05, 0) is 37.6 Å². The summed E-state index contributed by atoms with van der Waals surface area (Å²) in [6.07, 6.45) is 0.692. The Kier molecular flexibility index (Phi) is 5.03. The van der Waals surface area contributed by atoms with Crippen LogP contribution < -0.4 is 4.74 Å². The van der Waals surface area contributed by atoms with Crippen molar-refractivity contribution in [1.82, 2.24) is 10.3 Å². The van der Waals surface area contributed by atoms with Gasteiger partial charge in [0.15, 0.2) is 0 Å². The average molecular weight is 291 g/mol. The molecule has 5 heteroatoms. The Morgan fingerprint density at radius 1 is 1.30 bits per heavy atom. The van der Waals surface area contributed by atoms with E-state index in [4.69, 9.17) is 16.3 Å². The van der Waals surface area contributed by atoms with Gasteiger partial charge in [0.1, 0.15) is 23.7 Å². The molecule has 2 rings (SSSR count). The molecule has 0 aliphatic rings. The predicted octanol–water partition coefficient (Wildman–Crippen LogP) is 3.25. The molecule has 1 heterocycles. The van der Waals surface area contributed by atoms with Crippen LogP contribution in [0.2, 0.25) is 0 Å². The van der Waals surface area contributed by atoms with Gasteiger partial charge in [-0.1, -0.05) is 22.2 Å². The van der Waals surface area contributed by atoms with E-state index >= 15 is 0 Å². The van der Waals surface area contributed by atoms with E-state index in [1.165, 1.54) is 0 Å². The predicted molar refractivity (Wildman–Crippen MR) is 76.8 cm³/mol. The summed E-state index contributed by atoms with van der Waals surface area (Å²) in [6.45, 7) is 4.17. The van der Waals surface area contributed by atoms with E-state index in [1.54, 1.807) is 0 Å². The first-order chi connectivity index (χ1) is 9.70. The molecule has 0 unspecified atom stereocenters. The first-order valence-electron chi connectivity index (χ1n) is 6.27. The molecule has 0 spiro atoms. The fourth-order valence-electron chi connectivity index (χ4n) is 1.60. The van der Waals surface area contributed by atoms with Crippen LogP contribution in [0.15, 0.2) is 22.8 Å². The lowest BCUT2D eigenvalue weighted by molar-refractivity contribution is 0.270. The van der Waals surface area contributed by atoms with Crippen LogP contribution in [0.4, 0.5) is 0 Å². The highest BCUT2D eigenvalue weighted by atomic mass is 35.5. The number of benzene rings is 1. The van der Waals surface area contributed by atoms with Crippen LogP contribution in [0, 0.1) is 25.7 Å². The molecular formula is C15H15ClN2O2. The molecule has 2 aromatic rings. The van der Waals surface area contributed by atoms with E-state index in [1.807, 2.05) is 32.0 Å². The highest BCUT2D eigenvalue weighted by Crippen LogP contribution is 2.18. The molecule has 0 fully saturated rings. The molecule has 104 valence electrons. The molecular weight excluding hydrogens is 276 g/mol. The van der Waals surface area contributed by atoms with Gasteiger partial charge in [-0.15, -0.1) is 11.6 Å². The minimum absolute atomic E-state index is 0.339. The summed E-state index contributed by atoms with van der Waals surface area (Å²) in [5, 5.41) is 7.48. The fourth-order valence-corrected chi connectivity index (χ4v) is 1.70. The number of ether oxygens (including phenoxy) is 1. The molecule has 0 aliphatic heterocycles. The Morgan fingerprint density at radius 3 is 2.80 bits per heavy atom. The van der Waals surface area contributed by atoms with Gasteiger partial charge in [0.25, 0.3) is 0 Å². The number of hydrogen-bond acceptors (Lipinski definition) is 4. The van der Waals surface area contributed by atoms with Gasteiger partial charge in [-0.2, -0.15) is 0 Å². The number of halogens is 1. The maximum Gasteiger partial charge on any atom is 0.145 e. The Balaban J connectivity index is 2.02. The topological polar surface area (TPSA) is 48.2 Å². The van der Waals surface area contributed by atoms with Crippen LogP contribution in [0.3, 0.4) is 0 Å². The SMILES string of the molecule is Cc1cc(OCc2nonc2C)ccc1C#CCCCl. The van der Waals surface area contributed by atoms with Gasteiger partial charge in [0, 0.05) is 17.9 Å². The molecule has 0 saturated heterocycles. The molecule has 0 radical (unpaired) electrons. The molecule has 0 N–H and O–H groups in total. The van der Waals surface area contributed by atoms with Gasteiger partial charge in [-0.3, -0.25) is 0 Å². The monoisotopic (exact) mass is 290 g/mol. The van der Waals surface area contributed by atoms with Crippen molar-refractivity contribution in [3.05, 3.63) is 40.7 Å². The fraction of sp³-hybridized carbons (Fsp3) is 0.333. The third-order valence-electron chi connectivity index (χ3n) is 2.76. The second-order valence-corrected chi connectivity index (χ2v) is 4.68. The van der Waals surface area contributed by atoms with Crippen molar-refractivity contribution in [2.45, 2.75) is 26.9 Å². The van der Waals surface area contributed by atoms with Crippen molar-refractivity contribution in [3.8, 4) is 17.6 Å². The van der Waals surface area contributed by atoms with Crippen molar-refractivity contribution in [2.75, 3.05) is 5.88 Å². The number of aryl methyl sites for hydroxylation is 2. The minimum atomic E-state index is 0.339. The summed E-state index contributed by atoms with van der Waals surface area (Å²) in [5.41, 5.74) is 3.50. The highest BCUT2D eigenvalue weighted by molar-refractivity contribution is 6.18. The van der Waals surface area contributed by atoms with Crippen LogP contribution in [-0.2, 0) is 6.61 Å². The second kappa shape index (κ2) is 6.97. The summed E-state index contributed by atoms with van der Waals surface area (Å²) in [4.78, 5) is 0. The van der Waals surface area contributed by atoms with Crippen LogP contribution in [0.1, 0.15) is 28.9 Å². The van der Waals surface area contributed by atoms with E-state index in [2.05, 4.69) is 26.8 Å². The van der Waals surface area contributed by atoms with Crippen LogP contribution >= 0.6 is 11.6 Å². The molecule has 1 aromatic heterocycles. The number of hydrogen-bond donors (Lipinski definition) is 0. The van der Waals surface area contributed by atoms with Gasteiger partial charge in [0.2, 0.25) is 0 Å². The Morgan fingerprint density at radius 2 is 2.15 bits per heavy atom. The highest BCUT2D eigenvalue weighted by Gasteiger charge is 2.06. The van der Waals surface area contributed by atoms with Crippen LogP contribution in [-0.4, -0.2) is 16.2 Å². The zero-order valence-corrected chi connectivity index (χ0v) is 12.2. The third-order valence-corrected chi connectivity index (χ3v) is 2.95. The van der Waals surface area contributed by atoms with E-state index in [0.29, 0.717) is 24.6 Å². The lowest BCUT2D eigenvalue weighted by Gasteiger charge is -2.06. The lowest BCUT2D eigenvalue weighted by Crippen LogP contribution is -1.98. The van der Waals surface area contributed by atoms with Gasteiger partial charge < -0.3 is 4.74 Å². The van der Waals surface area contributed by atoms with Crippen molar-refractivity contribution < 1.29 is 9.37 Å². The van der Waals surface area contributed by atoms with E-state index < -0.39 is 0 Å². The summed E-state index contributed by atoms with van der Waals surface area (Å²) in [7, 11) is 0. The van der Waals surface area contributed by atoms with Crippen molar-refractivity contribution in [3.63, 3.8) is 0 Å². The summed E-state index contributed by atoms with van der Waals surface area (Å²) < 4.78 is 10.3. The number of nitrogens with zero attached hydrogens (tertiary/aromatic N) is 2. The minimum Gasteiger partial charge on any atom is -0.487 e. The summed E-state index contributed by atoms with van der Waals surface area (Å²) in [6, 6.07) is 5.79. The number of rotatable bonds is 4. The molecule has 4 nitrogen and oxygen atoms in total. The number of aromatic nitrogens is 2. The normalized spacial score (nSPS) is 9.95. The molecule has 1 aromatic carbocycles. The molecule has 0 atom stereocenters. The van der Waals surface area contributed by atoms with E-state index in [-0.39, 0.29) is 0 Å². The standard InChI is InChI=1S/C15H15ClN2O2/c1-11-9-14(7-6-13(11)5-3-4-8-16)19-10-15-12(2)17-20-18-15/h6-7,9H,4,8,10H2,1-2H3. The van der Waals surface area contributed by atoms with Gasteiger partial charge in [-0.25, -0.2) is 4.63 Å². The zero-order chi connectivity index (χ0) is 14.4. The summed E-state index contributed by atoms with van der Waals surface area (Å²) >= 11 is 5.59. The second-order valence-electron chi connectivity index (χ2n) is 4.30. The first kappa shape index (κ1) is 14.4. The quantitative estimate of drug-likeness (QED) is 0.641. The lowest BCUT2D eigenvalue weighted by atomic mass is 10.1. The van der Waals surface area contributed by atoms with Crippen LogP contribution in [0.5, 0.6) is 5.75 Å². The Hall–Kier alpha value is -1.99. The summed E-state index contributed by atoms with van der Waals surface area (Å²) in [5.74, 6) is 7.44. The molecule has 0 aliphatic carbocycles. The van der Waals surface area contributed by atoms with Gasteiger partial charge in [0.05, 0.1) is 0 Å². The molecule has 0 bridgehead atoms. The largest absolute Gasteiger partial charge is 0.487 e. The van der Waals surface area contributed by atoms with E-state index in [9.17, 15) is 0 Å². The Labute approximate surface area is 123 Å². The van der Waals surface area contributed by atoms with Crippen molar-refractivity contribution >= 4 is 11.6 Å².